The summed E-state index contributed by atoms with van der Waals surface area (Å²) in [7, 11) is 0. The van der Waals surface area contributed by atoms with E-state index in [0.717, 1.165) is 19.2 Å². The topological polar surface area (TPSA) is 68.6 Å². The molecular formula is C8H9ClF3N3O2. The fourth-order valence-corrected chi connectivity index (χ4v) is 1.17. The molecule has 96 valence electrons. The Kier molecular flexibility index (Phi) is 4.02. The van der Waals surface area contributed by atoms with Gasteiger partial charge in [0.2, 0.25) is 0 Å². The Morgan fingerprint density at radius 3 is 2.53 bits per heavy atom. The predicted octanol–water partition coefficient (Wildman–Crippen LogP) is 2.68. The average Bonchev–Trinajstić information content (AvgIpc) is 2.15. The van der Waals surface area contributed by atoms with Gasteiger partial charge in [-0.05, 0) is 6.92 Å². The van der Waals surface area contributed by atoms with E-state index in [9.17, 15) is 13.2 Å². The van der Waals surface area contributed by atoms with Crippen LogP contribution in [0.2, 0.25) is 5.15 Å². The molecule has 0 bridgehead atoms. The lowest BCUT2D eigenvalue weighted by molar-refractivity contribution is -0.138. The predicted molar refractivity (Wildman–Crippen MR) is 54.4 cm³/mol. The van der Waals surface area contributed by atoms with E-state index in [1.54, 1.807) is 0 Å². The first kappa shape index (κ1) is 13.8. The van der Waals surface area contributed by atoms with Gasteiger partial charge in [-0.15, -0.1) is 5.23 Å². The minimum atomic E-state index is -4.47. The van der Waals surface area contributed by atoms with Crippen molar-refractivity contribution in [1.29, 1.82) is 0 Å². The monoisotopic (exact) mass is 271 g/mol. The van der Waals surface area contributed by atoms with Crippen LogP contribution in [0.5, 0.6) is 0 Å². The number of aromatic nitrogens is 1. The third-order valence-electron chi connectivity index (χ3n) is 1.93. The van der Waals surface area contributed by atoms with Crippen LogP contribution in [-0.4, -0.2) is 27.6 Å². The van der Waals surface area contributed by atoms with Crippen molar-refractivity contribution < 1.29 is 23.6 Å². The second-order valence-electron chi connectivity index (χ2n) is 3.22. The maximum atomic E-state index is 12.3. The van der Waals surface area contributed by atoms with E-state index in [2.05, 4.69) is 10.3 Å². The highest BCUT2D eigenvalue weighted by Gasteiger charge is 2.36. The van der Waals surface area contributed by atoms with Gasteiger partial charge in [-0.3, -0.25) is 10.4 Å². The van der Waals surface area contributed by atoms with E-state index in [4.69, 9.17) is 22.0 Å². The molecule has 9 heteroatoms. The maximum absolute atomic E-state index is 12.3. The van der Waals surface area contributed by atoms with Crippen molar-refractivity contribution in [2.45, 2.75) is 19.1 Å². The van der Waals surface area contributed by atoms with Crippen molar-refractivity contribution in [2.75, 3.05) is 10.5 Å². The van der Waals surface area contributed by atoms with Gasteiger partial charge in [0, 0.05) is 6.07 Å². The fraction of sp³-hybridized carbons (Fsp3) is 0.375. The summed E-state index contributed by atoms with van der Waals surface area (Å²) in [6, 6.07) is -0.821. The average molecular weight is 272 g/mol. The zero-order valence-corrected chi connectivity index (χ0v) is 9.29. The summed E-state index contributed by atoms with van der Waals surface area (Å²) in [6.07, 6.45) is -3.55. The van der Waals surface area contributed by atoms with E-state index in [1.165, 1.54) is 0 Å². The quantitative estimate of drug-likeness (QED) is 0.582. The van der Waals surface area contributed by atoms with Crippen molar-refractivity contribution in [3.05, 3.63) is 17.4 Å². The van der Waals surface area contributed by atoms with E-state index >= 15 is 0 Å². The molecule has 0 fully saturated rings. The number of pyridine rings is 1. The van der Waals surface area contributed by atoms with Gasteiger partial charge in [0.15, 0.2) is 0 Å². The summed E-state index contributed by atoms with van der Waals surface area (Å²) in [6.45, 7) is 0.886. The first-order chi connectivity index (χ1) is 7.71. The Morgan fingerprint density at radius 2 is 2.06 bits per heavy atom. The smallest absolute Gasteiger partial charge is 0.372 e. The van der Waals surface area contributed by atoms with Crippen molar-refractivity contribution >= 4 is 23.0 Å². The third-order valence-corrected chi connectivity index (χ3v) is 2.13. The van der Waals surface area contributed by atoms with Crippen molar-refractivity contribution in [1.82, 2.24) is 4.98 Å². The minimum absolute atomic E-state index is 0.0764. The molecule has 1 unspecified atom stereocenters. The van der Waals surface area contributed by atoms with E-state index < -0.39 is 12.2 Å². The highest BCUT2D eigenvalue weighted by atomic mass is 35.5. The summed E-state index contributed by atoms with van der Waals surface area (Å²) < 4.78 is 37.0. The highest BCUT2D eigenvalue weighted by molar-refractivity contribution is 6.29. The van der Waals surface area contributed by atoms with E-state index in [-0.39, 0.29) is 21.8 Å². The van der Waals surface area contributed by atoms with Crippen LogP contribution in [0.3, 0.4) is 0 Å². The molecule has 3 N–H and O–H groups in total. The molecule has 0 aliphatic heterocycles. The number of nitrogens with one attached hydrogen (secondary N) is 1. The lowest BCUT2D eigenvalue weighted by Crippen LogP contribution is -2.33. The number of halogens is 4. The SMILES string of the molecule is CC(Nc1cc(Cl)ncc1N(O)O)C(F)(F)F. The van der Waals surface area contributed by atoms with Crippen molar-refractivity contribution in [3.8, 4) is 0 Å². The number of hydrogen-bond donors (Lipinski definition) is 3. The molecule has 5 nitrogen and oxygen atoms in total. The number of hydrogen-bond acceptors (Lipinski definition) is 5. The van der Waals surface area contributed by atoms with Crippen LogP contribution in [-0.2, 0) is 0 Å². The largest absolute Gasteiger partial charge is 0.408 e. The molecule has 0 saturated carbocycles. The van der Waals surface area contributed by atoms with Crippen LogP contribution in [0.4, 0.5) is 24.5 Å². The molecule has 0 saturated heterocycles. The Morgan fingerprint density at radius 1 is 1.47 bits per heavy atom. The molecule has 0 spiro atoms. The van der Waals surface area contributed by atoms with Crippen LogP contribution in [0.15, 0.2) is 12.3 Å². The summed E-state index contributed by atoms with van der Waals surface area (Å²) in [5.74, 6) is 0. The number of anilines is 2. The molecule has 17 heavy (non-hydrogen) atoms. The molecule has 0 aliphatic rings. The van der Waals surface area contributed by atoms with Gasteiger partial charge in [0.25, 0.3) is 0 Å². The summed E-state index contributed by atoms with van der Waals surface area (Å²) in [4.78, 5) is 3.51. The van der Waals surface area contributed by atoms with Gasteiger partial charge < -0.3 is 5.32 Å². The molecule has 0 radical (unpaired) electrons. The lowest BCUT2D eigenvalue weighted by Gasteiger charge is -2.21. The lowest BCUT2D eigenvalue weighted by atomic mass is 10.2. The molecule has 0 aromatic carbocycles. The summed E-state index contributed by atoms with van der Waals surface area (Å²) >= 11 is 5.51. The number of nitrogens with zero attached hydrogens (tertiary/aromatic N) is 2. The second-order valence-corrected chi connectivity index (χ2v) is 3.61. The molecule has 1 aromatic rings. The van der Waals surface area contributed by atoms with Gasteiger partial charge in [-0.2, -0.15) is 13.2 Å². The number of rotatable bonds is 3. The van der Waals surface area contributed by atoms with Gasteiger partial charge in [-0.25, -0.2) is 4.98 Å². The maximum Gasteiger partial charge on any atom is 0.408 e. The van der Waals surface area contributed by atoms with Crippen molar-refractivity contribution in [2.24, 2.45) is 0 Å². The Balaban J connectivity index is 3.00. The standard InChI is InChI=1S/C8H9ClF3N3O2/c1-4(8(10,11)12)14-5-2-7(9)13-3-6(5)15(16)17/h2-4,16-17H,1H3,(H,13,14). The Bertz CT molecular complexity index is 400. The minimum Gasteiger partial charge on any atom is -0.372 e. The number of alkyl halides is 3. The normalized spacial score (nSPS) is 13.4. The zero-order chi connectivity index (χ0) is 13.2. The van der Waals surface area contributed by atoms with Crippen LogP contribution in [0, 0.1) is 0 Å². The second kappa shape index (κ2) is 4.94. The first-order valence-corrected chi connectivity index (χ1v) is 4.76. The Hall–Kier alpha value is -1.25. The zero-order valence-electron chi connectivity index (χ0n) is 8.53. The van der Waals surface area contributed by atoms with Gasteiger partial charge in [0.1, 0.15) is 16.9 Å². The van der Waals surface area contributed by atoms with Crippen LogP contribution in [0.25, 0.3) is 0 Å². The van der Waals surface area contributed by atoms with Crippen molar-refractivity contribution in [3.63, 3.8) is 0 Å². The van der Waals surface area contributed by atoms with Gasteiger partial charge in [-0.1, -0.05) is 11.6 Å². The molecule has 0 amide bonds. The molecule has 1 aromatic heterocycles. The van der Waals surface area contributed by atoms with Crippen LogP contribution in [0.1, 0.15) is 6.92 Å². The fourth-order valence-electron chi connectivity index (χ4n) is 1.01. The summed E-state index contributed by atoms with van der Waals surface area (Å²) in [5, 5.41) is 19.2. The van der Waals surface area contributed by atoms with Crippen LogP contribution >= 0.6 is 11.6 Å². The summed E-state index contributed by atoms with van der Waals surface area (Å²) in [5.41, 5.74) is -0.537. The van der Waals surface area contributed by atoms with E-state index in [0.29, 0.717) is 0 Å². The molecule has 1 atom stereocenters. The van der Waals surface area contributed by atoms with Gasteiger partial charge >= 0.3 is 6.18 Å². The van der Waals surface area contributed by atoms with Gasteiger partial charge in [0.05, 0.1) is 11.9 Å². The molecular weight excluding hydrogens is 263 g/mol. The molecule has 1 rings (SSSR count). The Labute approximate surface area is 99.4 Å². The first-order valence-electron chi connectivity index (χ1n) is 4.38. The molecule has 1 heterocycles. The van der Waals surface area contributed by atoms with Crippen LogP contribution < -0.4 is 10.5 Å². The van der Waals surface area contributed by atoms with E-state index in [1.807, 2.05) is 0 Å². The molecule has 0 aliphatic carbocycles. The highest BCUT2D eigenvalue weighted by Crippen LogP contribution is 2.29. The third kappa shape index (κ3) is 3.62.